The van der Waals surface area contributed by atoms with Crippen molar-refractivity contribution in [1.29, 1.82) is 0 Å². The number of rotatable bonds is 6. The van der Waals surface area contributed by atoms with E-state index in [1.165, 1.54) is 24.3 Å². The van der Waals surface area contributed by atoms with Gasteiger partial charge in [-0.25, -0.2) is 13.8 Å². The molecular formula is C21H22ClF3N4O3S. The number of nitrogens with one attached hydrogen (secondary N) is 1. The number of halogens is 4. The summed E-state index contributed by atoms with van der Waals surface area (Å²) in [4.78, 5) is 14.5. The van der Waals surface area contributed by atoms with Crippen molar-refractivity contribution in [3.63, 3.8) is 0 Å². The van der Waals surface area contributed by atoms with Crippen molar-refractivity contribution in [3.8, 4) is 0 Å². The maximum atomic E-state index is 13.3. The van der Waals surface area contributed by atoms with Crippen LogP contribution in [0, 0.1) is 0 Å². The summed E-state index contributed by atoms with van der Waals surface area (Å²) in [6.45, 7) is 0.723. The molecule has 0 spiro atoms. The average molecular weight is 503 g/mol. The smallest absolute Gasteiger partial charge is 0.306 e. The molecule has 2 aromatic rings. The molecule has 3 rings (SSSR count). The number of alkyl halides is 3. The molecule has 0 radical (unpaired) electrons. The van der Waals surface area contributed by atoms with Crippen molar-refractivity contribution in [3.05, 3.63) is 59.1 Å². The number of sulfonamides is 1. The largest absolute Gasteiger partial charge is 0.416 e. The van der Waals surface area contributed by atoms with Crippen LogP contribution in [0.4, 0.5) is 18.9 Å². The quantitative estimate of drug-likeness (QED) is 0.610. The summed E-state index contributed by atoms with van der Waals surface area (Å²) in [5, 5.41) is 3.80. The Morgan fingerprint density at radius 3 is 2.39 bits per heavy atom. The number of nitrogens with zero attached hydrogens (tertiary/aromatic N) is 3. The predicted octanol–water partition coefficient (Wildman–Crippen LogP) is 3.75. The number of anilines is 1. The molecule has 0 bridgehead atoms. The van der Waals surface area contributed by atoms with Gasteiger partial charge in [-0.3, -0.25) is 9.10 Å². The molecule has 2 aromatic carbocycles. The molecule has 0 unspecified atom stereocenters. The van der Waals surface area contributed by atoms with Gasteiger partial charge in [0.15, 0.2) is 0 Å². The number of amides is 1. The van der Waals surface area contributed by atoms with Crippen LogP contribution in [-0.4, -0.2) is 51.6 Å². The van der Waals surface area contributed by atoms with Crippen LogP contribution in [0.2, 0.25) is 5.02 Å². The zero-order valence-electron chi connectivity index (χ0n) is 17.6. The van der Waals surface area contributed by atoms with E-state index in [2.05, 4.69) is 15.4 Å². The lowest BCUT2D eigenvalue weighted by Crippen LogP contribution is -2.40. The van der Waals surface area contributed by atoms with Crippen molar-refractivity contribution < 1.29 is 26.4 Å². The van der Waals surface area contributed by atoms with Crippen molar-refractivity contribution in [2.45, 2.75) is 23.9 Å². The van der Waals surface area contributed by atoms with E-state index in [-0.39, 0.29) is 9.92 Å². The lowest BCUT2D eigenvalue weighted by molar-refractivity contribution is -0.137. The molecule has 0 atom stereocenters. The first-order valence-corrected chi connectivity index (χ1v) is 11.8. The van der Waals surface area contributed by atoms with Gasteiger partial charge in [-0.05, 0) is 37.4 Å². The lowest BCUT2D eigenvalue weighted by atomic mass is 10.1. The second-order valence-corrected chi connectivity index (χ2v) is 9.77. The zero-order chi connectivity index (χ0) is 24.2. The number of carbonyl (C=O) groups excluding carboxylic acids is 1. The first-order chi connectivity index (χ1) is 15.5. The van der Waals surface area contributed by atoms with Crippen LogP contribution in [0.3, 0.4) is 0 Å². The van der Waals surface area contributed by atoms with Gasteiger partial charge in [0.1, 0.15) is 6.54 Å². The first kappa shape index (κ1) is 25.0. The Balaban J connectivity index is 1.95. The van der Waals surface area contributed by atoms with Crippen molar-refractivity contribution >= 4 is 38.9 Å². The Bertz CT molecular complexity index is 1130. The molecule has 178 valence electrons. The molecule has 1 aliphatic heterocycles. The third-order valence-corrected chi connectivity index (χ3v) is 7.16. The number of likely N-dealkylation sites (tertiary alicyclic amines) is 1. The maximum Gasteiger partial charge on any atom is 0.416 e. The minimum absolute atomic E-state index is 0.201. The van der Waals surface area contributed by atoms with Crippen LogP contribution in [0.25, 0.3) is 0 Å². The second-order valence-electron chi connectivity index (χ2n) is 7.50. The lowest BCUT2D eigenvalue weighted by Gasteiger charge is -2.26. The van der Waals surface area contributed by atoms with Crippen molar-refractivity contribution in [1.82, 2.24) is 10.3 Å². The van der Waals surface area contributed by atoms with E-state index in [0.29, 0.717) is 23.2 Å². The predicted molar refractivity (Wildman–Crippen MR) is 120 cm³/mol. The van der Waals surface area contributed by atoms with E-state index in [4.69, 9.17) is 11.6 Å². The van der Waals surface area contributed by atoms with Crippen LogP contribution < -0.4 is 9.73 Å². The molecule has 1 heterocycles. The Hall–Kier alpha value is -2.63. The Morgan fingerprint density at radius 1 is 1.15 bits per heavy atom. The molecule has 7 nitrogen and oxygen atoms in total. The van der Waals surface area contributed by atoms with E-state index in [0.717, 1.165) is 30.9 Å². The first-order valence-electron chi connectivity index (χ1n) is 9.96. The van der Waals surface area contributed by atoms with Crippen molar-refractivity contribution in [2.75, 3.05) is 31.0 Å². The molecule has 12 heteroatoms. The average Bonchev–Trinajstić information content (AvgIpc) is 2.77. The van der Waals surface area contributed by atoms with Crippen LogP contribution in [-0.2, 0) is 21.0 Å². The summed E-state index contributed by atoms with van der Waals surface area (Å²) < 4.78 is 67.0. The van der Waals surface area contributed by atoms with Gasteiger partial charge in [-0.15, -0.1) is 0 Å². The van der Waals surface area contributed by atoms with Crippen LogP contribution in [0.5, 0.6) is 0 Å². The summed E-state index contributed by atoms with van der Waals surface area (Å²) in [5.74, 6) is -0.811. The minimum atomic E-state index is -4.73. The fraction of sp³-hybridized carbons (Fsp3) is 0.333. The second kappa shape index (κ2) is 10.1. The molecule has 1 aliphatic rings. The van der Waals surface area contributed by atoms with Crippen LogP contribution >= 0.6 is 11.6 Å². The van der Waals surface area contributed by atoms with Crippen LogP contribution in [0.1, 0.15) is 18.4 Å². The van der Waals surface area contributed by atoms with Gasteiger partial charge < -0.3 is 4.90 Å². The highest BCUT2D eigenvalue weighted by Gasteiger charge is 2.34. The summed E-state index contributed by atoms with van der Waals surface area (Å²) >= 11 is 6.09. The molecule has 0 aromatic heterocycles. The summed E-state index contributed by atoms with van der Waals surface area (Å²) in [6.07, 6.45) is -3.45. The Kier molecular flexibility index (Phi) is 7.65. The molecule has 1 fully saturated rings. The number of benzene rings is 2. The number of hydrogen-bond acceptors (Lipinski definition) is 5. The van der Waals surface area contributed by atoms with E-state index < -0.39 is 39.9 Å². The topological polar surface area (TPSA) is 82.1 Å². The summed E-state index contributed by atoms with van der Waals surface area (Å²) in [6, 6.07) is 9.37. The maximum absolute atomic E-state index is 13.3. The summed E-state index contributed by atoms with van der Waals surface area (Å²) in [5.41, 5.74) is 1.50. The monoisotopic (exact) mass is 502 g/mol. The Labute approximate surface area is 194 Å². The fourth-order valence-corrected chi connectivity index (χ4v) is 4.92. The third kappa shape index (κ3) is 6.24. The molecule has 1 N–H and O–H groups in total. The zero-order valence-corrected chi connectivity index (χ0v) is 19.2. The SMILES string of the molecule is CN1CCC(=NNC(=O)CN(c2cc(C(F)(F)F)ccc2Cl)S(=O)(=O)c2ccccc2)CC1. The standard InChI is InChI=1S/C21H22ClF3N4O3S/c1-28-11-9-16(10-12-28)26-27-20(30)14-29(33(31,32)17-5-3-2-4-6-17)19-13-15(21(23,24)25)7-8-18(19)22/h2-8,13H,9-12,14H2,1H3,(H,27,30). The normalized spacial score (nSPS) is 15.2. The van der Waals surface area contributed by atoms with Gasteiger partial charge in [0, 0.05) is 31.6 Å². The third-order valence-electron chi connectivity index (χ3n) is 5.06. The number of hydrazone groups is 1. The fourth-order valence-electron chi connectivity index (χ4n) is 3.20. The van der Waals surface area contributed by atoms with Gasteiger partial charge in [0.25, 0.3) is 15.9 Å². The molecule has 0 saturated carbocycles. The van der Waals surface area contributed by atoms with E-state index in [9.17, 15) is 26.4 Å². The van der Waals surface area contributed by atoms with E-state index in [1.807, 2.05) is 7.05 Å². The Morgan fingerprint density at radius 2 is 1.79 bits per heavy atom. The van der Waals surface area contributed by atoms with Gasteiger partial charge in [0.2, 0.25) is 0 Å². The highest BCUT2D eigenvalue weighted by molar-refractivity contribution is 7.92. The molecule has 1 saturated heterocycles. The van der Waals surface area contributed by atoms with Crippen molar-refractivity contribution in [2.24, 2.45) is 5.10 Å². The van der Waals surface area contributed by atoms with Gasteiger partial charge in [0.05, 0.1) is 21.2 Å². The number of piperidine rings is 1. The number of hydrogen-bond donors (Lipinski definition) is 1. The van der Waals surface area contributed by atoms with E-state index >= 15 is 0 Å². The van der Waals surface area contributed by atoms with Gasteiger partial charge in [-0.2, -0.15) is 18.3 Å². The molecule has 1 amide bonds. The highest BCUT2D eigenvalue weighted by Crippen LogP contribution is 2.37. The van der Waals surface area contributed by atoms with Crippen LogP contribution in [0.15, 0.2) is 58.5 Å². The molecule has 33 heavy (non-hydrogen) atoms. The van der Waals surface area contributed by atoms with E-state index in [1.54, 1.807) is 6.07 Å². The number of carbonyl (C=O) groups is 1. The highest BCUT2D eigenvalue weighted by atomic mass is 35.5. The minimum Gasteiger partial charge on any atom is -0.306 e. The van der Waals surface area contributed by atoms with Gasteiger partial charge >= 0.3 is 6.18 Å². The molecule has 0 aliphatic carbocycles. The summed E-state index contributed by atoms with van der Waals surface area (Å²) in [7, 11) is -2.46. The van der Waals surface area contributed by atoms with Gasteiger partial charge in [-0.1, -0.05) is 29.8 Å². The molecular weight excluding hydrogens is 481 g/mol.